The van der Waals surface area contributed by atoms with E-state index in [-0.39, 0.29) is 5.91 Å². The Balaban J connectivity index is 1.41. The average molecular weight is 287 g/mol. The fourth-order valence-electron chi connectivity index (χ4n) is 2.73. The van der Waals surface area contributed by atoms with Gasteiger partial charge in [-0.15, -0.1) is 0 Å². The lowest BCUT2D eigenvalue weighted by molar-refractivity contribution is 0.0946. The third kappa shape index (κ3) is 3.61. The van der Waals surface area contributed by atoms with Crippen molar-refractivity contribution < 1.29 is 9.53 Å². The molecule has 0 saturated carbocycles. The van der Waals surface area contributed by atoms with Crippen LogP contribution in [0.4, 0.5) is 0 Å². The Kier molecular flexibility index (Phi) is 4.50. The highest BCUT2D eigenvalue weighted by Crippen LogP contribution is 2.17. The van der Waals surface area contributed by atoms with Crippen LogP contribution < -0.4 is 5.32 Å². The van der Waals surface area contributed by atoms with Gasteiger partial charge in [-0.05, 0) is 44.2 Å². The van der Waals surface area contributed by atoms with E-state index in [9.17, 15) is 4.79 Å². The standard InChI is InChI=1S/C16H21N3O2/c20-16(13-6-7-15-17-9-10-19(15)12-13)18-8-2-1-4-14-5-3-11-21-14/h6-7,9-10,12,14H,1-5,8,11H2,(H,18,20). The number of aromatic nitrogens is 2. The van der Waals surface area contributed by atoms with Crippen molar-refractivity contribution >= 4 is 11.6 Å². The van der Waals surface area contributed by atoms with Crippen LogP contribution in [0, 0.1) is 0 Å². The molecule has 1 saturated heterocycles. The second-order valence-corrected chi connectivity index (χ2v) is 5.50. The van der Waals surface area contributed by atoms with Crippen molar-refractivity contribution in [3.05, 3.63) is 36.3 Å². The summed E-state index contributed by atoms with van der Waals surface area (Å²) in [4.78, 5) is 16.2. The van der Waals surface area contributed by atoms with E-state index < -0.39 is 0 Å². The maximum atomic E-state index is 12.1. The molecule has 3 heterocycles. The van der Waals surface area contributed by atoms with Gasteiger partial charge in [-0.2, -0.15) is 0 Å². The molecule has 0 aliphatic carbocycles. The average Bonchev–Trinajstić information content (AvgIpc) is 3.17. The van der Waals surface area contributed by atoms with Gasteiger partial charge in [0.05, 0.1) is 11.7 Å². The Morgan fingerprint density at radius 2 is 2.38 bits per heavy atom. The molecule has 112 valence electrons. The summed E-state index contributed by atoms with van der Waals surface area (Å²) in [6, 6.07) is 3.66. The molecule has 2 aromatic heterocycles. The predicted octanol–water partition coefficient (Wildman–Crippen LogP) is 2.41. The van der Waals surface area contributed by atoms with Crippen molar-refractivity contribution in [2.24, 2.45) is 0 Å². The van der Waals surface area contributed by atoms with Crippen LogP contribution in [0.5, 0.6) is 0 Å². The third-order valence-electron chi connectivity index (χ3n) is 3.91. The van der Waals surface area contributed by atoms with Gasteiger partial charge in [-0.25, -0.2) is 4.98 Å². The zero-order chi connectivity index (χ0) is 14.5. The largest absolute Gasteiger partial charge is 0.378 e. The van der Waals surface area contributed by atoms with Gasteiger partial charge in [0.1, 0.15) is 5.65 Å². The molecule has 5 nitrogen and oxygen atoms in total. The molecular formula is C16H21N3O2. The van der Waals surface area contributed by atoms with Crippen molar-refractivity contribution in [3.8, 4) is 0 Å². The van der Waals surface area contributed by atoms with Gasteiger partial charge in [0.25, 0.3) is 5.91 Å². The minimum absolute atomic E-state index is 0.0253. The van der Waals surface area contributed by atoms with Crippen LogP contribution in [0.25, 0.3) is 5.65 Å². The quantitative estimate of drug-likeness (QED) is 0.830. The predicted molar refractivity (Wildman–Crippen MR) is 80.4 cm³/mol. The number of hydrogen-bond acceptors (Lipinski definition) is 3. The molecular weight excluding hydrogens is 266 g/mol. The van der Waals surface area contributed by atoms with Gasteiger partial charge in [0, 0.05) is 31.7 Å². The maximum Gasteiger partial charge on any atom is 0.252 e. The van der Waals surface area contributed by atoms with Gasteiger partial charge in [0.2, 0.25) is 0 Å². The van der Waals surface area contributed by atoms with Crippen LogP contribution in [0.1, 0.15) is 42.5 Å². The van der Waals surface area contributed by atoms with Crippen molar-refractivity contribution in [1.29, 1.82) is 0 Å². The van der Waals surface area contributed by atoms with Crippen LogP contribution in [0.15, 0.2) is 30.7 Å². The summed E-state index contributed by atoms with van der Waals surface area (Å²) in [5, 5.41) is 2.97. The molecule has 21 heavy (non-hydrogen) atoms. The summed E-state index contributed by atoms with van der Waals surface area (Å²) in [5.74, 6) is -0.0253. The maximum absolute atomic E-state index is 12.1. The molecule has 3 rings (SSSR count). The molecule has 1 aliphatic heterocycles. The SMILES string of the molecule is O=C(NCCCCC1CCCO1)c1ccc2nccn2c1. The molecule has 5 heteroatoms. The van der Waals surface area contributed by atoms with Crippen LogP contribution in [0.3, 0.4) is 0 Å². The monoisotopic (exact) mass is 287 g/mol. The highest BCUT2D eigenvalue weighted by Gasteiger charge is 2.14. The molecule has 2 aromatic rings. The molecule has 0 bridgehead atoms. The zero-order valence-electron chi connectivity index (χ0n) is 12.1. The Bertz CT molecular complexity index is 602. The van der Waals surface area contributed by atoms with Gasteiger partial charge in [-0.3, -0.25) is 4.79 Å². The number of imidazole rings is 1. The third-order valence-corrected chi connectivity index (χ3v) is 3.91. The number of ether oxygens (including phenoxy) is 1. The number of unbranched alkanes of at least 4 members (excludes halogenated alkanes) is 1. The topological polar surface area (TPSA) is 55.6 Å². The van der Waals surface area contributed by atoms with Gasteiger partial charge in [0.15, 0.2) is 0 Å². The normalized spacial score (nSPS) is 18.2. The summed E-state index contributed by atoms with van der Waals surface area (Å²) in [7, 11) is 0. The van der Waals surface area contributed by atoms with Gasteiger partial charge >= 0.3 is 0 Å². The first kappa shape index (κ1) is 14.1. The molecule has 1 fully saturated rings. The Morgan fingerprint density at radius 3 is 3.24 bits per heavy atom. The van der Waals surface area contributed by atoms with E-state index in [1.54, 1.807) is 6.20 Å². The Hall–Kier alpha value is -1.88. The van der Waals surface area contributed by atoms with Crippen molar-refractivity contribution in [2.75, 3.05) is 13.2 Å². The molecule has 0 aromatic carbocycles. The lowest BCUT2D eigenvalue weighted by Crippen LogP contribution is -2.24. The van der Waals surface area contributed by atoms with E-state index in [4.69, 9.17) is 4.74 Å². The fraction of sp³-hybridized carbons (Fsp3) is 0.500. The first-order valence-corrected chi connectivity index (χ1v) is 7.65. The van der Waals surface area contributed by atoms with Crippen molar-refractivity contribution in [1.82, 2.24) is 14.7 Å². The smallest absolute Gasteiger partial charge is 0.252 e. The number of carbonyl (C=O) groups is 1. The van der Waals surface area contributed by atoms with Gasteiger partial charge in [-0.1, -0.05) is 0 Å². The van der Waals surface area contributed by atoms with Crippen molar-refractivity contribution in [2.45, 2.75) is 38.2 Å². The fourth-order valence-corrected chi connectivity index (χ4v) is 2.73. The van der Waals surface area contributed by atoms with Gasteiger partial charge < -0.3 is 14.5 Å². The van der Waals surface area contributed by atoms with E-state index in [1.165, 1.54) is 12.8 Å². The second-order valence-electron chi connectivity index (χ2n) is 5.50. The number of nitrogens with zero attached hydrogens (tertiary/aromatic N) is 2. The summed E-state index contributed by atoms with van der Waals surface area (Å²) in [5.41, 5.74) is 1.52. The number of hydrogen-bond donors (Lipinski definition) is 1. The summed E-state index contributed by atoms with van der Waals surface area (Å²) >= 11 is 0. The van der Waals surface area contributed by atoms with Crippen LogP contribution >= 0.6 is 0 Å². The summed E-state index contributed by atoms with van der Waals surface area (Å²) in [6.07, 6.45) is 11.4. The van der Waals surface area contributed by atoms with E-state index in [0.717, 1.165) is 31.5 Å². The number of nitrogens with one attached hydrogen (secondary N) is 1. The van der Waals surface area contributed by atoms with Crippen LogP contribution in [0.2, 0.25) is 0 Å². The minimum atomic E-state index is -0.0253. The highest BCUT2D eigenvalue weighted by atomic mass is 16.5. The first-order valence-electron chi connectivity index (χ1n) is 7.65. The van der Waals surface area contributed by atoms with Crippen molar-refractivity contribution in [3.63, 3.8) is 0 Å². The molecule has 1 N–H and O–H groups in total. The van der Waals surface area contributed by atoms with E-state index >= 15 is 0 Å². The van der Waals surface area contributed by atoms with Crippen LogP contribution in [-0.2, 0) is 4.74 Å². The summed E-state index contributed by atoms with van der Waals surface area (Å²) in [6.45, 7) is 1.63. The van der Waals surface area contributed by atoms with E-state index in [2.05, 4.69) is 10.3 Å². The first-order chi connectivity index (χ1) is 10.3. The lowest BCUT2D eigenvalue weighted by Gasteiger charge is -2.09. The molecule has 0 spiro atoms. The number of fused-ring (bicyclic) bond motifs is 1. The van der Waals surface area contributed by atoms with E-state index in [1.807, 2.05) is 28.9 Å². The molecule has 1 atom stereocenters. The molecule has 1 aliphatic rings. The molecule has 0 radical (unpaired) electrons. The Labute approximate surface area is 124 Å². The Morgan fingerprint density at radius 1 is 1.43 bits per heavy atom. The molecule has 1 unspecified atom stereocenters. The molecule has 1 amide bonds. The number of carbonyl (C=O) groups excluding carboxylic acids is 1. The minimum Gasteiger partial charge on any atom is -0.378 e. The summed E-state index contributed by atoms with van der Waals surface area (Å²) < 4.78 is 7.44. The number of pyridine rings is 1. The van der Waals surface area contributed by atoms with E-state index in [0.29, 0.717) is 18.2 Å². The lowest BCUT2D eigenvalue weighted by atomic mass is 10.1. The number of amides is 1. The highest BCUT2D eigenvalue weighted by molar-refractivity contribution is 5.94. The second kappa shape index (κ2) is 6.72. The zero-order valence-corrected chi connectivity index (χ0v) is 12.1. The van der Waals surface area contributed by atoms with Crippen LogP contribution in [-0.4, -0.2) is 34.5 Å². The number of rotatable bonds is 6.